The van der Waals surface area contributed by atoms with Crippen LogP contribution in [-0.4, -0.2) is 39.7 Å². The number of hydrogen-bond acceptors (Lipinski definition) is 5. The Hall–Kier alpha value is -2.60. The molecule has 3 N–H and O–H groups in total. The van der Waals surface area contributed by atoms with E-state index < -0.39 is 24.4 Å². The Bertz CT molecular complexity index is 1040. The second-order valence-corrected chi connectivity index (χ2v) is 9.87. The van der Waals surface area contributed by atoms with Crippen molar-refractivity contribution in [3.8, 4) is 0 Å². The molecule has 8 unspecified atom stereocenters. The molecule has 5 aliphatic carbocycles. The summed E-state index contributed by atoms with van der Waals surface area (Å²) in [5, 5.41) is 36.9. The van der Waals surface area contributed by atoms with Crippen molar-refractivity contribution in [2.75, 3.05) is 0 Å². The zero-order valence-corrected chi connectivity index (χ0v) is 18.6. The molecule has 8 atom stereocenters. The minimum absolute atomic E-state index is 0.103. The normalized spacial score (nSPS) is 39.8. The summed E-state index contributed by atoms with van der Waals surface area (Å²) in [6.07, 6.45) is 23.9. The van der Waals surface area contributed by atoms with Gasteiger partial charge in [0.05, 0.1) is 18.3 Å². The van der Waals surface area contributed by atoms with E-state index in [-0.39, 0.29) is 23.7 Å². The molecule has 5 heteroatoms. The lowest BCUT2D eigenvalue weighted by atomic mass is 9.73. The van der Waals surface area contributed by atoms with Gasteiger partial charge in [0, 0.05) is 23.7 Å². The predicted molar refractivity (Wildman–Crippen MR) is 129 cm³/mol. The van der Waals surface area contributed by atoms with Crippen molar-refractivity contribution in [3.05, 3.63) is 100 Å². The van der Waals surface area contributed by atoms with Gasteiger partial charge in [0.25, 0.3) is 0 Å². The number of hydrogen-bond donors (Lipinski definition) is 3. The Balaban J connectivity index is 1.51. The fourth-order valence-corrected chi connectivity index (χ4v) is 5.92. The number of rotatable bonds is 1. The lowest BCUT2D eigenvalue weighted by Gasteiger charge is -2.35. The van der Waals surface area contributed by atoms with E-state index in [2.05, 4.69) is 5.18 Å². The lowest BCUT2D eigenvalue weighted by molar-refractivity contribution is 0.124. The predicted octanol–water partition coefficient (Wildman–Crippen LogP) is 4.23. The Morgan fingerprint density at radius 1 is 0.606 bits per heavy atom. The highest BCUT2D eigenvalue weighted by Gasteiger charge is 2.36. The van der Waals surface area contributed by atoms with E-state index in [0.29, 0.717) is 25.7 Å². The van der Waals surface area contributed by atoms with Gasteiger partial charge in [-0.05, 0) is 48.0 Å². The Labute approximate surface area is 194 Å². The molecule has 0 spiro atoms. The fourth-order valence-electron chi connectivity index (χ4n) is 5.92. The van der Waals surface area contributed by atoms with E-state index in [0.717, 1.165) is 22.3 Å². The number of nitroso groups, excluding NO2 is 1. The minimum Gasteiger partial charge on any atom is -0.388 e. The van der Waals surface area contributed by atoms with E-state index in [9.17, 15) is 20.2 Å². The van der Waals surface area contributed by atoms with Crippen molar-refractivity contribution in [3.63, 3.8) is 0 Å². The van der Waals surface area contributed by atoms with Crippen LogP contribution in [0.15, 0.2) is 100 Å². The van der Waals surface area contributed by atoms with E-state index in [1.165, 1.54) is 0 Å². The van der Waals surface area contributed by atoms with Crippen molar-refractivity contribution in [1.29, 1.82) is 0 Å². The summed E-state index contributed by atoms with van der Waals surface area (Å²) >= 11 is 0. The molecule has 0 saturated heterocycles. The number of fused-ring (bicyclic) bond motifs is 8. The highest BCUT2D eigenvalue weighted by molar-refractivity contribution is 5.37. The minimum atomic E-state index is -0.676. The van der Waals surface area contributed by atoms with Crippen LogP contribution < -0.4 is 0 Å². The van der Waals surface area contributed by atoms with Gasteiger partial charge < -0.3 is 15.3 Å². The molecule has 0 amide bonds. The summed E-state index contributed by atoms with van der Waals surface area (Å²) in [4.78, 5) is 11.9. The largest absolute Gasteiger partial charge is 0.388 e. The van der Waals surface area contributed by atoms with E-state index in [1.54, 1.807) is 0 Å². The highest BCUT2D eigenvalue weighted by Crippen LogP contribution is 2.40. The molecule has 0 aliphatic heterocycles. The van der Waals surface area contributed by atoms with Crippen molar-refractivity contribution in [2.45, 2.75) is 50.0 Å². The van der Waals surface area contributed by atoms with Gasteiger partial charge in [0.15, 0.2) is 0 Å². The van der Waals surface area contributed by atoms with Crippen LogP contribution in [-0.2, 0) is 0 Å². The average Bonchev–Trinajstić information content (AvgIpc) is 2.81. The van der Waals surface area contributed by atoms with Gasteiger partial charge in [-0.25, -0.2) is 0 Å². The van der Waals surface area contributed by atoms with Gasteiger partial charge in [0.2, 0.25) is 0 Å². The molecule has 0 heterocycles. The van der Waals surface area contributed by atoms with Crippen molar-refractivity contribution in [1.82, 2.24) is 0 Å². The Kier molecular flexibility index (Phi) is 6.28. The molecule has 5 nitrogen and oxygen atoms in total. The molecule has 1 saturated carbocycles. The Morgan fingerprint density at radius 2 is 1.06 bits per heavy atom. The second-order valence-electron chi connectivity index (χ2n) is 9.87. The molecule has 1 fully saturated rings. The van der Waals surface area contributed by atoms with Crippen molar-refractivity contribution >= 4 is 0 Å². The van der Waals surface area contributed by atoms with Crippen molar-refractivity contribution in [2.24, 2.45) is 28.8 Å². The molecule has 172 valence electrons. The zero-order chi connectivity index (χ0) is 22.9. The highest BCUT2D eigenvalue weighted by atomic mass is 16.3. The molecular formula is C28H31NO4. The number of aliphatic hydroxyl groups excluding tert-OH is 3. The third-order valence-electron chi connectivity index (χ3n) is 7.83. The monoisotopic (exact) mass is 445 g/mol. The zero-order valence-electron chi connectivity index (χ0n) is 18.6. The maximum absolute atomic E-state index is 11.9. The average molecular weight is 446 g/mol. The first-order chi connectivity index (χ1) is 16.0. The first kappa shape index (κ1) is 22.2. The molecule has 0 aromatic heterocycles. The van der Waals surface area contributed by atoms with E-state index in [4.69, 9.17) is 0 Å². The third-order valence-corrected chi connectivity index (χ3v) is 7.83. The molecule has 0 aromatic carbocycles. The molecular weight excluding hydrogens is 414 g/mol. The number of aliphatic hydroxyl groups is 3. The van der Waals surface area contributed by atoms with Crippen LogP contribution in [0.5, 0.6) is 0 Å². The second kappa shape index (κ2) is 9.34. The van der Waals surface area contributed by atoms with Gasteiger partial charge >= 0.3 is 0 Å². The van der Waals surface area contributed by atoms with Crippen LogP contribution in [0.4, 0.5) is 0 Å². The molecule has 5 aliphatic rings. The van der Waals surface area contributed by atoms with Crippen LogP contribution in [0.3, 0.4) is 0 Å². The molecule has 33 heavy (non-hydrogen) atoms. The summed E-state index contributed by atoms with van der Waals surface area (Å²) < 4.78 is 0. The van der Waals surface area contributed by atoms with Gasteiger partial charge in [0.1, 0.15) is 6.04 Å². The van der Waals surface area contributed by atoms with Gasteiger partial charge in [-0.15, -0.1) is 0 Å². The number of allylic oxidation sites excluding steroid dienone is 8. The fraction of sp³-hybridized carbons (Fsp3) is 0.429. The van der Waals surface area contributed by atoms with E-state index in [1.807, 2.05) is 72.9 Å². The number of nitrogens with zero attached hydrogens (tertiary/aromatic N) is 1. The molecule has 5 rings (SSSR count). The van der Waals surface area contributed by atoms with Crippen molar-refractivity contribution < 1.29 is 15.3 Å². The third kappa shape index (κ3) is 4.33. The van der Waals surface area contributed by atoms with Gasteiger partial charge in [-0.2, -0.15) is 4.91 Å². The maximum Gasteiger partial charge on any atom is 0.119 e. The summed E-state index contributed by atoms with van der Waals surface area (Å²) in [6, 6.07) is -0.500. The SMILES string of the molecule is O=NC1C2=CC=CC1CC1C=CC=C(CC3C=CC=C(CC4=CC=CC(C2)C4O)C3O)C1O. The molecule has 8 bridgehead atoms. The van der Waals surface area contributed by atoms with Gasteiger partial charge in [-0.3, -0.25) is 0 Å². The first-order valence-corrected chi connectivity index (χ1v) is 11.9. The van der Waals surface area contributed by atoms with Crippen LogP contribution >= 0.6 is 0 Å². The van der Waals surface area contributed by atoms with E-state index >= 15 is 0 Å². The van der Waals surface area contributed by atoms with Crippen LogP contribution in [0.1, 0.15) is 25.7 Å². The standard InChI is InChI=1S/C28H31NO4/c30-26-19-7-2-9-21(26)15-23-11-4-12-24(28(23)32)16-22-10-3-8-20(27(22)31)14-18-6-1-5-17(13-19)25(18)29-33/h1-12,17,19-20,23,25-28,30-32H,13-16H2. The summed E-state index contributed by atoms with van der Waals surface area (Å²) in [5.41, 5.74) is 3.56. The Morgan fingerprint density at radius 3 is 1.67 bits per heavy atom. The van der Waals surface area contributed by atoms with Crippen LogP contribution in [0.2, 0.25) is 0 Å². The molecule has 0 aromatic rings. The lowest BCUT2D eigenvalue weighted by Crippen LogP contribution is -2.34. The summed E-state index contributed by atoms with van der Waals surface area (Å²) in [6.45, 7) is 0. The smallest absolute Gasteiger partial charge is 0.119 e. The quantitative estimate of drug-likeness (QED) is 0.527. The topological polar surface area (TPSA) is 90.1 Å². The summed E-state index contributed by atoms with van der Waals surface area (Å²) in [5.74, 6) is -0.505. The van der Waals surface area contributed by atoms with Gasteiger partial charge in [-0.1, -0.05) is 78.1 Å². The molecule has 0 radical (unpaired) electrons. The first-order valence-electron chi connectivity index (χ1n) is 11.9. The maximum atomic E-state index is 11.9. The van der Waals surface area contributed by atoms with Crippen LogP contribution in [0, 0.1) is 28.6 Å². The van der Waals surface area contributed by atoms with Crippen LogP contribution in [0.25, 0.3) is 0 Å². The summed E-state index contributed by atoms with van der Waals surface area (Å²) in [7, 11) is 0.